The van der Waals surface area contributed by atoms with E-state index in [0.717, 1.165) is 11.4 Å². The van der Waals surface area contributed by atoms with Crippen LogP contribution in [0.5, 0.6) is 5.75 Å². The average Bonchev–Trinajstić information content (AvgIpc) is 2.46. The fraction of sp³-hybridized carbons (Fsp3) is 0.154. The van der Waals surface area contributed by atoms with Crippen molar-refractivity contribution in [3.05, 3.63) is 54.1 Å². The Labute approximate surface area is 105 Å². The van der Waals surface area contributed by atoms with Crippen LogP contribution in [0.25, 0.3) is 0 Å². The van der Waals surface area contributed by atoms with Gasteiger partial charge >= 0.3 is 0 Å². The molecule has 0 bridgehead atoms. The van der Waals surface area contributed by atoms with E-state index in [1.807, 2.05) is 0 Å². The molecule has 92 valence electrons. The third-order valence-corrected chi connectivity index (χ3v) is 2.40. The highest BCUT2D eigenvalue weighted by molar-refractivity contribution is 5.94. The number of amides is 1. The third kappa shape index (κ3) is 3.04. The van der Waals surface area contributed by atoms with E-state index in [4.69, 9.17) is 4.74 Å². The summed E-state index contributed by atoms with van der Waals surface area (Å²) in [4.78, 5) is 19.8. The van der Waals surface area contributed by atoms with Crippen molar-refractivity contribution < 1.29 is 9.53 Å². The molecule has 0 spiro atoms. The van der Waals surface area contributed by atoms with Crippen LogP contribution in [0, 0.1) is 0 Å². The number of hydrogen-bond donors (Lipinski definition) is 1. The normalized spacial score (nSPS) is 9.83. The maximum absolute atomic E-state index is 11.8. The van der Waals surface area contributed by atoms with Gasteiger partial charge in [0.05, 0.1) is 25.5 Å². The Balaban J connectivity index is 1.95. The first-order chi connectivity index (χ1) is 8.79. The number of rotatable bonds is 4. The predicted molar refractivity (Wildman–Crippen MR) is 66.2 cm³/mol. The lowest BCUT2D eigenvalue weighted by molar-refractivity contribution is 0.0950. The van der Waals surface area contributed by atoms with Crippen molar-refractivity contribution in [2.24, 2.45) is 0 Å². The molecule has 0 atom stereocenters. The first-order valence-corrected chi connectivity index (χ1v) is 5.47. The molecule has 0 aliphatic carbocycles. The van der Waals surface area contributed by atoms with E-state index in [1.165, 1.54) is 0 Å². The van der Waals surface area contributed by atoms with Gasteiger partial charge in [-0.1, -0.05) is 0 Å². The van der Waals surface area contributed by atoms with E-state index in [1.54, 1.807) is 50.0 Å². The number of methoxy groups -OCH3 is 1. The van der Waals surface area contributed by atoms with E-state index in [0.29, 0.717) is 12.1 Å². The predicted octanol–water partition coefficient (Wildman–Crippen LogP) is 1.42. The number of aromatic nitrogens is 2. The molecule has 1 amide bonds. The van der Waals surface area contributed by atoms with Gasteiger partial charge in [-0.25, -0.2) is 0 Å². The zero-order valence-electron chi connectivity index (χ0n) is 9.96. The van der Waals surface area contributed by atoms with Crippen molar-refractivity contribution in [2.75, 3.05) is 7.11 Å². The van der Waals surface area contributed by atoms with Gasteiger partial charge in [0.2, 0.25) is 0 Å². The number of carbonyl (C=O) groups is 1. The molecule has 0 aliphatic rings. The second kappa shape index (κ2) is 5.77. The Morgan fingerprint density at radius 3 is 2.67 bits per heavy atom. The van der Waals surface area contributed by atoms with Gasteiger partial charge in [0.15, 0.2) is 0 Å². The second-order valence-corrected chi connectivity index (χ2v) is 3.61. The minimum Gasteiger partial charge on any atom is -0.497 e. The molecule has 0 fully saturated rings. The largest absolute Gasteiger partial charge is 0.497 e. The van der Waals surface area contributed by atoms with E-state index in [2.05, 4.69) is 15.3 Å². The Morgan fingerprint density at radius 1 is 1.28 bits per heavy atom. The smallest absolute Gasteiger partial charge is 0.251 e. The molecule has 1 heterocycles. The Morgan fingerprint density at radius 2 is 2.06 bits per heavy atom. The van der Waals surface area contributed by atoms with Crippen molar-refractivity contribution in [1.29, 1.82) is 0 Å². The summed E-state index contributed by atoms with van der Waals surface area (Å²) in [6.45, 7) is 0.360. The summed E-state index contributed by atoms with van der Waals surface area (Å²) < 4.78 is 5.03. The summed E-state index contributed by atoms with van der Waals surface area (Å²) in [6.07, 6.45) is 4.80. The Hall–Kier alpha value is -2.43. The molecule has 1 aromatic carbocycles. The zero-order valence-corrected chi connectivity index (χ0v) is 9.96. The number of nitrogens with zero attached hydrogens (tertiary/aromatic N) is 2. The first kappa shape index (κ1) is 12.0. The highest BCUT2D eigenvalue weighted by Crippen LogP contribution is 2.11. The van der Waals surface area contributed by atoms with Crippen molar-refractivity contribution in [2.45, 2.75) is 6.54 Å². The lowest BCUT2D eigenvalue weighted by Crippen LogP contribution is -2.23. The van der Waals surface area contributed by atoms with Crippen LogP contribution in [-0.2, 0) is 6.54 Å². The van der Waals surface area contributed by atoms with Crippen LogP contribution >= 0.6 is 0 Å². The quantitative estimate of drug-likeness (QED) is 0.882. The van der Waals surface area contributed by atoms with Crippen LogP contribution < -0.4 is 10.1 Å². The summed E-state index contributed by atoms with van der Waals surface area (Å²) in [6, 6.07) is 6.92. The van der Waals surface area contributed by atoms with Gasteiger partial charge in [-0.3, -0.25) is 14.8 Å². The molecule has 0 saturated heterocycles. The molecule has 0 saturated carbocycles. The molecule has 0 unspecified atom stereocenters. The number of hydrogen-bond acceptors (Lipinski definition) is 4. The fourth-order valence-corrected chi connectivity index (χ4v) is 1.44. The highest BCUT2D eigenvalue weighted by atomic mass is 16.5. The molecule has 1 aromatic heterocycles. The molecule has 2 rings (SSSR count). The topological polar surface area (TPSA) is 64.1 Å². The van der Waals surface area contributed by atoms with Gasteiger partial charge in [-0.2, -0.15) is 0 Å². The van der Waals surface area contributed by atoms with Gasteiger partial charge < -0.3 is 10.1 Å². The number of benzene rings is 1. The molecule has 5 heteroatoms. The number of nitrogens with one attached hydrogen (secondary N) is 1. The van der Waals surface area contributed by atoms with Crippen molar-refractivity contribution in [3.8, 4) is 5.75 Å². The molecule has 1 N–H and O–H groups in total. The SMILES string of the molecule is COc1ccc(C(=O)NCc2cnccn2)cc1. The van der Waals surface area contributed by atoms with Crippen molar-refractivity contribution >= 4 is 5.91 Å². The van der Waals surface area contributed by atoms with Crippen LogP contribution in [0.15, 0.2) is 42.9 Å². The molecule has 0 radical (unpaired) electrons. The van der Waals surface area contributed by atoms with Gasteiger partial charge in [-0.05, 0) is 24.3 Å². The second-order valence-electron chi connectivity index (χ2n) is 3.61. The first-order valence-electron chi connectivity index (χ1n) is 5.47. The van der Waals surface area contributed by atoms with E-state index in [-0.39, 0.29) is 5.91 Å². The van der Waals surface area contributed by atoms with Gasteiger partial charge in [-0.15, -0.1) is 0 Å². The standard InChI is InChI=1S/C13H13N3O2/c1-18-12-4-2-10(3-5-12)13(17)16-9-11-8-14-6-7-15-11/h2-8H,9H2,1H3,(H,16,17). The average molecular weight is 243 g/mol. The maximum atomic E-state index is 11.8. The van der Waals surface area contributed by atoms with Crippen LogP contribution in [0.2, 0.25) is 0 Å². The highest BCUT2D eigenvalue weighted by Gasteiger charge is 2.05. The van der Waals surface area contributed by atoms with E-state index < -0.39 is 0 Å². The Bertz CT molecular complexity index is 512. The van der Waals surface area contributed by atoms with Crippen molar-refractivity contribution in [1.82, 2.24) is 15.3 Å². The summed E-state index contributed by atoms with van der Waals surface area (Å²) in [5, 5.41) is 2.77. The number of carbonyl (C=O) groups excluding carboxylic acids is 1. The molecule has 2 aromatic rings. The molecule has 0 aliphatic heterocycles. The van der Waals surface area contributed by atoms with Crippen LogP contribution in [-0.4, -0.2) is 23.0 Å². The summed E-state index contributed by atoms with van der Waals surface area (Å²) in [7, 11) is 1.59. The van der Waals surface area contributed by atoms with Crippen LogP contribution in [0.3, 0.4) is 0 Å². The minimum atomic E-state index is -0.150. The van der Waals surface area contributed by atoms with Crippen LogP contribution in [0.1, 0.15) is 16.1 Å². The fourth-order valence-electron chi connectivity index (χ4n) is 1.44. The minimum absolute atomic E-state index is 0.150. The summed E-state index contributed by atoms with van der Waals surface area (Å²) in [5.74, 6) is 0.573. The monoisotopic (exact) mass is 243 g/mol. The molecular weight excluding hydrogens is 230 g/mol. The van der Waals surface area contributed by atoms with Crippen molar-refractivity contribution in [3.63, 3.8) is 0 Å². The van der Waals surface area contributed by atoms with Crippen LogP contribution in [0.4, 0.5) is 0 Å². The van der Waals surface area contributed by atoms with E-state index in [9.17, 15) is 4.79 Å². The number of ether oxygens (including phenoxy) is 1. The summed E-state index contributed by atoms with van der Waals surface area (Å²) in [5.41, 5.74) is 1.30. The van der Waals surface area contributed by atoms with E-state index >= 15 is 0 Å². The van der Waals surface area contributed by atoms with Gasteiger partial charge in [0.1, 0.15) is 5.75 Å². The zero-order chi connectivity index (χ0) is 12.8. The van der Waals surface area contributed by atoms with Gasteiger partial charge in [0.25, 0.3) is 5.91 Å². The molecular formula is C13H13N3O2. The molecule has 5 nitrogen and oxygen atoms in total. The summed E-state index contributed by atoms with van der Waals surface area (Å²) >= 11 is 0. The molecule has 18 heavy (non-hydrogen) atoms. The van der Waals surface area contributed by atoms with Gasteiger partial charge in [0, 0.05) is 18.0 Å². The lowest BCUT2D eigenvalue weighted by Gasteiger charge is -2.05. The maximum Gasteiger partial charge on any atom is 0.251 e. The third-order valence-electron chi connectivity index (χ3n) is 2.40. The lowest BCUT2D eigenvalue weighted by atomic mass is 10.2. The Kier molecular flexibility index (Phi) is 3.86.